The van der Waals surface area contributed by atoms with Crippen LogP contribution in [0.5, 0.6) is 0 Å². The third-order valence-electron chi connectivity index (χ3n) is 2.81. The van der Waals surface area contributed by atoms with E-state index < -0.39 is 17.7 Å². The van der Waals surface area contributed by atoms with Crippen molar-refractivity contribution in [2.75, 3.05) is 20.2 Å². The quantitative estimate of drug-likeness (QED) is 0.809. The zero-order valence-electron chi connectivity index (χ0n) is 10.2. The van der Waals surface area contributed by atoms with Crippen molar-refractivity contribution in [1.82, 2.24) is 10.6 Å². The Morgan fingerprint density at radius 1 is 1.53 bits per heavy atom. The number of amides is 1. The van der Waals surface area contributed by atoms with Crippen molar-refractivity contribution in [2.24, 2.45) is 4.99 Å². The molecule has 2 rings (SSSR count). The molecule has 0 fully saturated rings. The largest absolute Gasteiger partial charge is 0.453 e. The third kappa shape index (κ3) is 2.98. The first-order valence-electron chi connectivity index (χ1n) is 5.69. The highest BCUT2D eigenvalue weighted by atomic mass is 19.2. The number of hydrogen-bond acceptors (Lipinski definition) is 4. The summed E-state index contributed by atoms with van der Waals surface area (Å²) in [5.74, 6) is -1.74. The van der Waals surface area contributed by atoms with Gasteiger partial charge >= 0.3 is 6.09 Å². The van der Waals surface area contributed by atoms with Gasteiger partial charge < -0.3 is 10.1 Å². The van der Waals surface area contributed by atoms with Crippen LogP contribution in [0.25, 0.3) is 0 Å². The van der Waals surface area contributed by atoms with E-state index in [1.807, 2.05) is 0 Å². The molecule has 1 aromatic carbocycles. The number of aliphatic imine (C=N–C) groups is 1. The Morgan fingerprint density at radius 2 is 2.32 bits per heavy atom. The lowest BCUT2D eigenvalue weighted by Crippen LogP contribution is -2.45. The third-order valence-corrected chi connectivity index (χ3v) is 2.81. The van der Waals surface area contributed by atoms with Crippen LogP contribution in [0, 0.1) is 11.6 Å². The molecule has 102 valence electrons. The van der Waals surface area contributed by atoms with Gasteiger partial charge in [-0.3, -0.25) is 10.3 Å². The van der Waals surface area contributed by atoms with E-state index in [-0.39, 0.29) is 24.0 Å². The van der Waals surface area contributed by atoms with E-state index >= 15 is 0 Å². The summed E-state index contributed by atoms with van der Waals surface area (Å²) in [7, 11) is 1.24. The molecule has 2 N–H and O–H groups in total. The van der Waals surface area contributed by atoms with Crippen LogP contribution < -0.4 is 10.6 Å². The second-order valence-electron chi connectivity index (χ2n) is 4.03. The van der Waals surface area contributed by atoms with Crippen molar-refractivity contribution in [3.63, 3.8) is 0 Å². The van der Waals surface area contributed by atoms with Crippen LogP contribution in [0.2, 0.25) is 0 Å². The molecule has 0 radical (unpaired) electrons. The van der Waals surface area contributed by atoms with Gasteiger partial charge in [-0.25, -0.2) is 13.6 Å². The molecule has 1 atom stereocenters. The number of carbonyl (C=O) groups is 1. The number of ether oxygens (including phenoxy) is 1. The Hall–Kier alpha value is -2.18. The SMILES string of the molecule is COC(=O)NC1=NCC(c2cccc(F)c2F)CN1. The molecule has 1 amide bonds. The number of benzene rings is 1. The molecule has 1 aliphatic heterocycles. The molecule has 0 saturated carbocycles. The van der Waals surface area contributed by atoms with Crippen LogP contribution in [0.15, 0.2) is 23.2 Å². The highest BCUT2D eigenvalue weighted by Gasteiger charge is 2.22. The van der Waals surface area contributed by atoms with E-state index in [0.717, 1.165) is 6.07 Å². The smallest absolute Gasteiger partial charge is 0.413 e. The van der Waals surface area contributed by atoms with E-state index in [2.05, 4.69) is 20.4 Å². The molecule has 0 aromatic heterocycles. The average molecular weight is 269 g/mol. The molecule has 19 heavy (non-hydrogen) atoms. The van der Waals surface area contributed by atoms with Crippen LogP contribution >= 0.6 is 0 Å². The van der Waals surface area contributed by atoms with E-state index in [1.165, 1.54) is 19.2 Å². The molecule has 0 spiro atoms. The number of carbonyl (C=O) groups excluding carboxylic acids is 1. The van der Waals surface area contributed by atoms with Gasteiger partial charge in [0, 0.05) is 12.5 Å². The van der Waals surface area contributed by atoms with Gasteiger partial charge in [0.25, 0.3) is 0 Å². The second kappa shape index (κ2) is 5.64. The van der Waals surface area contributed by atoms with E-state index in [9.17, 15) is 13.6 Å². The van der Waals surface area contributed by atoms with Gasteiger partial charge in [0.05, 0.1) is 13.7 Å². The maximum absolute atomic E-state index is 13.6. The fraction of sp³-hybridized carbons (Fsp3) is 0.333. The first kappa shape index (κ1) is 13.3. The fourth-order valence-corrected chi connectivity index (χ4v) is 1.82. The Kier molecular flexibility index (Phi) is 3.94. The number of guanidine groups is 1. The molecule has 5 nitrogen and oxygen atoms in total. The number of rotatable bonds is 1. The van der Waals surface area contributed by atoms with Crippen LogP contribution in [-0.2, 0) is 4.74 Å². The summed E-state index contributed by atoms with van der Waals surface area (Å²) in [5.41, 5.74) is 0.272. The Bertz CT molecular complexity index is 520. The van der Waals surface area contributed by atoms with Crippen LogP contribution in [0.1, 0.15) is 11.5 Å². The summed E-state index contributed by atoms with van der Waals surface area (Å²) in [6, 6.07) is 4.06. The van der Waals surface area contributed by atoms with Gasteiger partial charge in [0.1, 0.15) is 0 Å². The topological polar surface area (TPSA) is 62.7 Å². The molecule has 0 aliphatic carbocycles. The van der Waals surface area contributed by atoms with E-state index in [1.54, 1.807) is 0 Å². The number of methoxy groups -OCH3 is 1. The van der Waals surface area contributed by atoms with Crippen molar-refractivity contribution < 1.29 is 18.3 Å². The lowest BCUT2D eigenvalue weighted by Gasteiger charge is -2.23. The van der Waals surface area contributed by atoms with Gasteiger partial charge in [-0.05, 0) is 11.6 Å². The lowest BCUT2D eigenvalue weighted by atomic mass is 9.97. The summed E-state index contributed by atoms with van der Waals surface area (Å²) in [6.07, 6.45) is -0.637. The molecule has 1 heterocycles. The molecular formula is C12H13F2N3O2. The Balaban J connectivity index is 2.07. The standard InChI is InChI=1S/C12H13F2N3O2/c1-19-12(18)17-11-15-5-7(6-16-11)8-3-2-4-9(13)10(8)14/h2-4,7H,5-6H2,1H3,(H2,15,16,17,18). The minimum Gasteiger partial charge on any atom is -0.453 e. The summed E-state index contributed by atoms with van der Waals surface area (Å²) >= 11 is 0. The van der Waals surface area contributed by atoms with E-state index in [4.69, 9.17) is 0 Å². The number of hydrogen-bond donors (Lipinski definition) is 2. The minimum atomic E-state index is -0.875. The molecule has 0 bridgehead atoms. The molecule has 1 aromatic rings. The summed E-state index contributed by atoms with van der Waals surface area (Å²) < 4.78 is 31.1. The molecule has 7 heteroatoms. The summed E-state index contributed by atoms with van der Waals surface area (Å²) in [4.78, 5) is 15.0. The number of nitrogens with one attached hydrogen (secondary N) is 2. The summed E-state index contributed by atoms with van der Waals surface area (Å²) in [5, 5.41) is 5.20. The lowest BCUT2D eigenvalue weighted by molar-refractivity contribution is 0.176. The number of halogens is 2. The highest BCUT2D eigenvalue weighted by Crippen LogP contribution is 2.22. The van der Waals surface area contributed by atoms with E-state index in [0.29, 0.717) is 6.54 Å². The van der Waals surface area contributed by atoms with Crippen LogP contribution in [0.3, 0.4) is 0 Å². The molecule has 1 unspecified atom stereocenters. The van der Waals surface area contributed by atoms with Gasteiger partial charge in [0.2, 0.25) is 5.96 Å². The minimum absolute atomic E-state index is 0.257. The van der Waals surface area contributed by atoms with Gasteiger partial charge in [0.15, 0.2) is 11.6 Å². The Labute approximate surface area is 108 Å². The van der Waals surface area contributed by atoms with Crippen molar-refractivity contribution in [2.45, 2.75) is 5.92 Å². The zero-order valence-corrected chi connectivity index (χ0v) is 10.2. The zero-order chi connectivity index (χ0) is 13.8. The predicted molar refractivity (Wildman–Crippen MR) is 64.9 cm³/mol. The average Bonchev–Trinajstić information content (AvgIpc) is 2.43. The van der Waals surface area contributed by atoms with Gasteiger partial charge in [-0.2, -0.15) is 0 Å². The van der Waals surface area contributed by atoms with Crippen LogP contribution in [-0.4, -0.2) is 32.3 Å². The van der Waals surface area contributed by atoms with Gasteiger partial charge in [-0.1, -0.05) is 12.1 Å². The monoisotopic (exact) mass is 269 g/mol. The maximum Gasteiger partial charge on any atom is 0.413 e. The van der Waals surface area contributed by atoms with Crippen LogP contribution in [0.4, 0.5) is 13.6 Å². The Morgan fingerprint density at radius 3 is 2.95 bits per heavy atom. The summed E-state index contributed by atoms with van der Waals surface area (Å²) in [6.45, 7) is 0.607. The first-order valence-corrected chi connectivity index (χ1v) is 5.69. The normalized spacial score (nSPS) is 18.3. The molecule has 1 aliphatic rings. The number of nitrogens with zero attached hydrogens (tertiary/aromatic N) is 1. The molecular weight excluding hydrogens is 256 g/mol. The van der Waals surface area contributed by atoms with Crippen molar-refractivity contribution in [3.05, 3.63) is 35.4 Å². The predicted octanol–water partition coefficient (Wildman–Crippen LogP) is 1.36. The second-order valence-corrected chi connectivity index (χ2v) is 4.03. The van der Waals surface area contributed by atoms with Gasteiger partial charge in [-0.15, -0.1) is 0 Å². The highest BCUT2D eigenvalue weighted by molar-refractivity contribution is 5.94. The fourth-order valence-electron chi connectivity index (χ4n) is 1.82. The van der Waals surface area contributed by atoms with Crippen molar-refractivity contribution in [1.29, 1.82) is 0 Å². The number of alkyl carbamates (subject to hydrolysis) is 1. The first-order chi connectivity index (χ1) is 9.11. The van der Waals surface area contributed by atoms with Crippen molar-refractivity contribution >= 4 is 12.1 Å². The maximum atomic E-state index is 13.6. The molecule has 0 saturated heterocycles. The van der Waals surface area contributed by atoms with Crippen molar-refractivity contribution in [3.8, 4) is 0 Å².